The number of rotatable bonds is 6. The molecule has 53 heavy (non-hydrogen) atoms. The second-order valence-electron chi connectivity index (χ2n) is 12.9. The topological polar surface area (TPSA) is 37.0 Å². The molecule has 0 amide bonds. The van der Waals surface area contributed by atoms with Crippen LogP contribution in [0.5, 0.6) is 0 Å². The van der Waals surface area contributed by atoms with Gasteiger partial charge in [-0.25, -0.2) is 0 Å². The van der Waals surface area contributed by atoms with E-state index in [1.807, 2.05) is 54.7 Å². The summed E-state index contributed by atoms with van der Waals surface area (Å²) in [5.74, 6) is 0. The van der Waals surface area contributed by atoms with Crippen molar-refractivity contribution in [3.05, 3.63) is 235 Å². The summed E-state index contributed by atoms with van der Waals surface area (Å²) >= 11 is 0. The van der Waals surface area contributed by atoms with Gasteiger partial charge in [-0.3, -0.25) is 4.98 Å². The van der Waals surface area contributed by atoms with Crippen molar-refractivity contribution < 1.29 is 6.85 Å². The van der Waals surface area contributed by atoms with E-state index in [1.165, 1.54) is 16.3 Å². The molecular formula is C50H37N3. The number of benzene rings is 8. The Morgan fingerprint density at radius 3 is 1.83 bits per heavy atom. The molecule has 10 rings (SSSR count). The third-order valence-electron chi connectivity index (χ3n) is 9.89. The minimum atomic E-state index is -0.577. The summed E-state index contributed by atoms with van der Waals surface area (Å²) in [6, 6.07) is 58.5. The maximum Gasteiger partial charge on any atom is 0.0801 e. The van der Waals surface area contributed by atoms with Crippen molar-refractivity contribution in [2.24, 2.45) is 0 Å². The van der Waals surface area contributed by atoms with Gasteiger partial charge in [0.25, 0.3) is 0 Å². The van der Waals surface area contributed by atoms with Crippen LogP contribution in [0.25, 0.3) is 32.8 Å². The second-order valence-corrected chi connectivity index (χ2v) is 12.9. The Kier molecular flexibility index (Phi) is 7.06. The van der Waals surface area contributed by atoms with E-state index in [0.717, 1.165) is 50.1 Å². The third-order valence-corrected chi connectivity index (χ3v) is 9.89. The summed E-state index contributed by atoms with van der Waals surface area (Å²) in [7, 11) is 0. The van der Waals surface area contributed by atoms with E-state index in [9.17, 15) is 0 Å². The quantitative estimate of drug-likeness (QED) is 0.171. The van der Waals surface area contributed by atoms with E-state index in [-0.39, 0.29) is 29.9 Å². The molecule has 3 heteroatoms. The van der Waals surface area contributed by atoms with Gasteiger partial charge >= 0.3 is 0 Å². The fraction of sp³-hybridized carbons (Fsp3) is 0.0200. The van der Waals surface area contributed by atoms with Crippen LogP contribution in [0.2, 0.25) is 0 Å². The van der Waals surface area contributed by atoms with Crippen LogP contribution >= 0.6 is 0 Å². The normalized spacial score (nSPS) is 13.6. The zero-order valence-corrected chi connectivity index (χ0v) is 28.8. The molecule has 0 saturated carbocycles. The lowest BCUT2D eigenvalue weighted by molar-refractivity contribution is 0.769. The molecule has 0 saturated heterocycles. The van der Waals surface area contributed by atoms with E-state index < -0.39 is 11.5 Å². The van der Waals surface area contributed by atoms with Crippen molar-refractivity contribution >= 4 is 44.4 Å². The molecule has 1 heterocycles. The summed E-state index contributed by atoms with van der Waals surface area (Å²) < 4.78 is 40.7. The largest absolute Gasteiger partial charge is 0.356 e. The van der Waals surface area contributed by atoms with Crippen molar-refractivity contribution in [1.82, 2.24) is 4.98 Å². The molecule has 1 aliphatic rings. The molecule has 8 aromatic carbocycles. The lowest BCUT2D eigenvalue weighted by atomic mass is 9.67. The Hall–Kier alpha value is -6.97. The molecular weight excluding hydrogens is 643 g/mol. The maximum atomic E-state index is 8.36. The average molecular weight is 685 g/mol. The standard InChI is InChI=1S/C31H23N.C19H14N2/c1-4-12-23(13-5-1)31(24-14-6-2-7-15-24)29-19-11-10-18-27(29)28-21-20-26(22-30(28)31)32-25-16-8-3-9-17-25;1-2-8-15(9-3-1)21-18-13-14-7-4-5-10-16(14)19-17(18)11-6-12-20-19/h1-22,32H;1-13,21H/i3D,8D,9D,16D,17D;. The molecule has 9 aromatic rings. The number of hydrogen-bond donors (Lipinski definition) is 2. The van der Waals surface area contributed by atoms with Crippen molar-refractivity contribution in [2.75, 3.05) is 10.6 Å². The SMILES string of the molecule is [2H]c1c([2H])c([2H])c(Nc2ccc3c(c2)C(c2ccccc2)(c2ccccc2)c2ccccc2-3)c([2H])c1[2H].c1ccc(Nc2cc3ccccc3c3ncccc23)cc1. The van der Waals surface area contributed by atoms with Crippen molar-refractivity contribution in [1.29, 1.82) is 0 Å². The molecule has 0 aliphatic heterocycles. The minimum absolute atomic E-state index is 0.0616. The number of anilines is 4. The molecule has 1 aliphatic carbocycles. The first-order valence-corrected chi connectivity index (χ1v) is 17.6. The molecule has 3 nitrogen and oxygen atoms in total. The average Bonchev–Trinajstić information content (AvgIpc) is 3.58. The van der Waals surface area contributed by atoms with Gasteiger partial charge in [0.2, 0.25) is 0 Å². The van der Waals surface area contributed by atoms with Gasteiger partial charge in [0.15, 0.2) is 0 Å². The van der Waals surface area contributed by atoms with E-state index in [1.54, 1.807) is 0 Å². The highest BCUT2D eigenvalue weighted by molar-refractivity contribution is 6.11. The number of pyridine rings is 1. The highest BCUT2D eigenvalue weighted by Gasteiger charge is 2.46. The van der Waals surface area contributed by atoms with Crippen LogP contribution in [0.15, 0.2) is 212 Å². The lowest BCUT2D eigenvalue weighted by Crippen LogP contribution is -2.28. The molecule has 0 fully saturated rings. The summed E-state index contributed by atoms with van der Waals surface area (Å²) in [6.07, 6.45) is 1.85. The molecule has 0 unspecified atom stereocenters. The third kappa shape index (κ3) is 5.88. The van der Waals surface area contributed by atoms with Gasteiger partial charge in [-0.2, -0.15) is 0 Å². The van der Waals surface area contributed by atoms with E-state index in [4.69, 9.17) is 6.85 Å². The maximum absolute atomic E-state index is 8.36. The zero-order chi connectivity index (χ0) is 39.8. The van der Waals surface area contributed by atoms with Crippen LogP contribution in [0, 0.1) is 0 Å². The summed E-state index contributed by atoms with van der Waals surface area (Å²) in [4.78, 5) is 4.57. The molecule has 0 spiro atoms. The van der Waals surface area contributed by atoms with Gasteiger partial charge in [0, 0.05) is 39.7 Å². The first-order valence-electron chi connectivity index (χ1n) is 20.1. The van der Waals surface area contributed by atoms with Gasteiger partial charge in [-0.1, -0.05) is 152 Å². The van der Waals surface area contributed by atoms with Gasteiger partial charge < -0.3 is 10.6 Å². The Morgan fingerprint density at radius 2 is 1.08 bits per heavy atom. The smallest absolute Gasteiger partial charge is 0.0801 e. The van der Waals surface area contributed by atoms with Crippen molar-refractivity contribution in [3.63, 3.8) is 0 Å². The highest BCUT2D eigenvalue weighted by atomic mass is 14.9. The number of nitrogens with one attached hydrogen (secondary N) is 2. The first-order chi connectivity index (χ1) is 28.4. The predicted octanol–water partition coefficient (Wildman–Crippen LogP) is 12.9. The molecule has 1 aromatic heterocycles. The molecule has 2 N–H and O–H groups in total. The van der Waals surface area contributed by atoms with Gasteiger partial charge in [0.05, 0.1) is 17.8 Å². The number of hydrogen-bond acceptors (Lipinski definition) is 3. The van der Waals surface area contributed by atoms with E-state index in [0.29, 0.717) is 5.69 Å². The summed E-state index contributed by atoms with van der Waals surface area (Å²) in [6.45, 7) is 0. The fourth-order valence-corrected chi connectivity index (χ4v) is 7.67. The molecule has 0 radical (unpaired) electrons. The number of fused-ring (bicyclic) bond motifs is 6. The highest BCUT2D eigenvalue weighted by Crippen LogP contribution is 2.56. The number of aromatic nitrogens is 1. The van der Waals surface area contributed by atoms with Crippen LogP contribution in [0.1, 0.15) is 29.1 Å². The Bertz CT molecular complexity index is 2890. The minimum Gasteiger partial charge on any atom is -0.356 e. The number of nitrogens with zero attached hydrogens (tertiary/aromatic N) is 1. The Labute approximate surface area is 317 Å². The number of para-hydroxylation sites is 2. The summed E-state index contributed by atoms with van der Waals surface area (Å²) in [5.41, 5.74) is 10.1. The van der Waals surface area contributed by atoms with Gasteiger partial charge in [-0.15, -0.1) is 0 Å². The predicted molar refractivity (Wildman–Crippen MR) is 222 cm³/mol. The van der Waals surface area contributed by atoms with Crippen LogP contribution in [0.4, 0.5) is 22.7 Å². The van der Waals surface area contributed by atoms with Crippen molar-refractivity contribution in [2.45, 2.75) is 5.41 Å². The van der Waals surface area contributed by atoms with Crippen LogP contribution in [-0.2, 0) is 5.41 Å². The van der Waals surface area contributed by atoms with Crippen molar-refractivity contribution in [3.8, 4) is 11.1 Å². The van der Waals surface area contributed by atoms with E-state index in [2.05, 4.69) is 143 Å². The van der Waals surface area contributed by atoms with Crippen LogP contribution in [0.3, 0.4) is 0 Å². The van der Waals surface area contributed by atoms with Gasteiger partial charge in [0.1, 0.15) is 0 Å². The lowest BCUT2D eigenvalue weighted by Gasteiger charge is -2.34. The second kappa shape index (κ2) is 14.0. The zero-order valence-electron chi connectivity index (χ0n) is 33.8. The van der Waals surface area contributed by atoms with Crippen LogP contribution in [-0.4, -0.2) is 4.98 Å². The Balaban J connectivity index is 0.000000175. The summed E-state index contributed by atoms with van der Waals surface area (Å²) in [5, 5.41) is 10.2. The molecule has 0 atom stereocenters. The van der Waals surface area contributed by atoms with E-state index >= 15 is 0 Å². The fourth-order valence-electron chi connectivity index (χ4n) is 7.67. The van der Waals surface area contributed by atoms with Gasteiger partial charge in [-0.05, 0) is 93.3 Å². The molecule has 0 bridgehead atoms. The molecule has 252 valence electrons. The first kappa shape index (κ1) is 26.8. The monoisotopic (exact) mass is 684 g/mol. The Morgan fingerprint density at radius 1 is 0.453 bits per heavy atom. The van der Waals surface area contributed by atoms with Crippen LogP contribution < -0.4 is 10.6 Å².